The maximum atomic E-state index is 12.6. The first kappa shape index (κ1) is 7.71. The van der Waals surface area contributed by atoms with Gasteiger partial charge < -0.3 is 5.11 Å². The number of rotatable bonds is 2. The number of carboxylic acid groups (broad SMARTS) is 1. The summed E-state index contributed by atoms with van der Waals surface area (Å²) in [5.74, 6) is -1.49. The van der Waals surface area contributed by atoms with E-state index in [4.69, 9.17) is 5.11 Å². The predicted octanol–water partition coefficient (Wildman–Crippen LogP) is 0.515. The fourth-order valence-electron chi connectivity index (χ4n) is 0.714. The summed E-state index contributed by atoms with van der Waals surface area (Å²) in [7, 11) is 1.60. The standard InChI is InChI=1S/C6H7FN2O2/c1-9-3-4(2-8-9)5(7)6(10)11/h2-3,5H,1H3,(H,10,11). The molecule has 11 heavy (non-hydrogen) atoms. The van der Waals surface area contributed by atoms with Gasteiger partial charge in [-0.05, 0) is 0 Å². The van der Waals surface area contributed by atoms with Gasteiger partial charge >= 0.3 is 5.97 Å². The minimum absolute atomic E-state index is 0.0694. The first-order valence-electron chi connectivity index (χ1n) is 2.96. The maximum absolute atomic E-state index is 12.6. The molecule has 0 bridgehead atoms. The van der Waals surface area contributed by atoms with E-state index in [9.17, 15) is 9.18 Å². The van der Waals surface area contributed by atoms with Crippen molar-refractivity contribution in [3.8, 4) is 0 Å². The molecule has 0 aromatic carbocycles. The van der Waals surface area contributed by atoms with Crippen LogP contribution < -0.4 is 0 Å². The number of aromatic nitrogens is 2. The molecule has 0 fully saturated rings. The average molecular weight is 158 g/mol. The smallest absolute Gasteiger partial charge is 0.343 e. The predicted molar refractivity (Wildman–Crippen MR) is 34.7 cm³/mol. The van der Waals surface area contributed by atoms with E-state index < -0.39 is 12.1 Å². The number of halogens is 1. The lowest BCUT2D eigenvalue weighted by atomic mass is 10.2. The van der Waals surface area contributed by atoms with E-state index in [2.05, 4.69) is 5.10 Å². The highest BCUT2D eigenvalue weighted by Gasteiger charge is 2.19. The molecule has 0 radical (unpaired) electrons. The van der Waals surface area contributed by atoms with Crippen LogP contribution >= 0.6 is 0 Å². The molecule has 1 N–H and O–H groups in total. The third-order valence-corrected chi connectivity index (χ3v) is 1.23. The minimum Gasteiger partial charge on any atom is -0.479 e. The zero-order valence-corrected chi connectivity index (χ0v) is 5.86. The summed E-state index contributed by atoms with van der Waals surface area (Å²) in [6.07, 6.45) is 0.557. The molecule has 1 atom stereocenters. The highest BCUT2D eigenvalue weighted by molar-refractivity contribution is 5.73. The molecular formula is C6H7FN2O2. The zero-order chi connectivity index (χ0) is 8.43. The van der Waals surface area contributed by atoms with Crippen molar-refractivity contribution in [2.75, 3.05) is 0 Å². The number of alkyl halides is 1. The number of carbonyl (C=O) groups is 1. The van der Waals surface area contributed by atoms with E-state index in [0.717, 1.165) is 0 Å². The summed E-state index contributed by atoms with van der Waals surface area (Å²) in [6.45, 7) is 0. The van der Waals surface area contributed by atoms with Crippen molar-refractivity contribution in [3.63, 3.8) is 0 Å². The molecule has 0 aliphatic heterocycles. The van der Waals surface area contributed by atoms with Crippen molar-refractivity contribution >= 4 is 5.97 Å². The monoisotopic (exact) mass is 158 g/mol. The third-order valence-electron chi connectivity index (χ3n) is 1.23. The summed E-state index contributed by atoms with van der Waals surface area (Å²) < 4.78 is 14.0. The largest absolute Gasteiger partial charge is 0.479 e. The van der Waals surface area contributed by atoms with Crippen molar-refractivity contribution in [3.05, 3.63) is 18.0 Å². The first-order chi connectivity index (χ1) is 5.11. The first-order valence-corrected chi connectivity index (χ1v) is 2.96. The van der Waals surface area contributed by atoms with Gasteiger partial charge in [0.15, 0.2) is 0 Å². The Bertz CT molecular complexity index is 271. The highest BCUT2D eigenvalue weighted by Crippen LogP contribution is 2.15. The van der Waals surface area contributed by atoms with Crippen LogP contribution in [0.5, 0.6) is 0 Å². The lowest BCUT2D eigenvalue weighted by Crippen LogP contribution is -2.04. The Morgan fingerprint density at radius 3 is 2.91 bits per heavy atom. The van der Waals surface area contributed by atoms with Gasteiger partial charge in [0.2, 0.25) is 6.17 Å². The molecule has 0 aliphatic carbocycles. The number of nitrogens with zero attached hydrogens (tertiary/aromatic N) is 2. The van der Waals surface area contributed by atoms with Crippen LogP contribution in [0.3, 0.4) is 0 Å². The molecule has 0 saturated heterocycles. The van der Waals surface area contributed by atoms with E-state index in [1.807, 2.05) is 0 Å². The van der Waals surface area contributed by atoms with Crippen LogP contribution in [0.15, 0.2) is 12.4 Å². The second-order valence-corrected chi connectivity index (χ2v) is 2.15. The van der Waals surface area contributed by atoms with E-state index in [0.29, 0.717) is 0 Å². The Labute approximate surface area is 62.3 Å². The van der Waals surface area contributed by atoms with Crippen LogP contribution in [-0.4, -0.2) is 20.9 Å². The topological polar surface area (TPSA) is 55.1 Å². The SMILES string of the molecule is Cn1cc(C(F)C(=O)O)cn1. The molecule has 0 spiro atoms. The number of hydrogen-bond donors (Lipinski definition) is 1. The van der Waals surface area contributed by atoms with Crippen LogP contribution in [0, 0.1) is 0 Å². The van der Waals surface area contributed by atoms with Gasteiger partial charge in [0.25, 0.3) is 0 Å². The molecule has 60 valence electrons. The van der Waals surface area contributed by atoms with Gasteiger partial charge in [-0.3, -0.25) is 4.68 Å². The maximum Gasteiger partial charge on any atom is 0.343 e. The normalized spacial score (nSPS) is 12.9. The fraction of sp³-hybridized carbons (Fsp3) is 0.333. The van der Waals surface area contributed by atoms with Crippen molar-refractivity contribution in [1.82, 2.24) is 9.78 Å². The number of aliphatic carboxylic acids is 1. The van der Waals surface area contributed by atoms with E-state index >= 15 is 0 Å². The second kappa shape index (κ2) is 2.69. The summed E-state index contributed by atoms with van der Waals surface area (Å²) >= 11 is 0. The molecule has 0 amide bonds. The van der Waals surface area contributed by atoms with Crippen molar-refractivity contribution in [2.24, 2.45) is 7.05 Å². The van der Waals surface area contributed by atoms with Crippen LogP contribution in [0.4, 0.5) is 4.39 Å². The number of hydrogen-bond acceptors (Lipinski definition) is 2. The van der Waals surface area contributed by atoms with Gasteiger partial charge in [0, 0.05) is 18.8 Å². The Kier molecular flexibility index (Phi) is 1.89. The fourth-order valence-corrected chi connectivity index (χ4v) is 0.714. The Balaban J connectivity index is 2.84. The number of carboxylic acids is 1. The van der Waals surface area contributed by atoms with Crippen molar-refractivity contribution in [2.45, 2.75) is 6.17 Å². The lowest BCUT2D eigenvalue weighted by molar-refractivity contribution is -0.143. The van der Waals surface area contributed by atoms with E-state index in [-0.39, 0.29) is 5.56 Å². The molecule has 4 nitrogen and oxygen atoms in total. The van der Waals surface area contributed by atoms with Crippen LogP contribution in [0.2, 0.25) is 0 Å². The van der Waals surface area contributed by atoms with E-state index in [1.165, 1.54) is 17.1 Å². The zero-order valence-electron chi connectivity index (χ0n) is 5.86. The molecule has 1 aromatic rings. The Morgan fingerprint density at radius 2 is 2.55 bits per heavy atom. The average Bonchev–Trinajstić information content (AvgIpc) is 2.34. The summed E-state index contributed by atoms with van der Waals surface area (Å²) in [6, 6.07) is 0. The number of aryl methyl sites for hydroxylation is 1. The molecule has 1 aromatic heterocycles. The van der Waals surface area contributed by atoms with Gasteiger partial charge in [-0.2, -0.15) is 5.10 Å². The van der Waals surface area contributed by atoms with E-state index in [1.54, 1.807) is 7.05 Å². The van der Waals surface area contributed by atoms with Crippen molar-refractivity contribution < 1.29 is 14.3 Å². The van der Waals surface area contributed by atoms with Crippen LogP contribution in [0.25, 0.3) is 0 Å². The molecule has 1 unspecified atom stereocenters. The summed E-state index contributed by atoms with van der Waals surface area (Å²) in [5, 5.41) is 11.9. The Morgan fingerprint density at radius 1 is 1.91 bits per heavy atom. The van der Waals surface area contributed by atoms with Gasteiger partial charge in [-0.25, -0.2) is 9.18 Å². The minimum atomic E-state index is -1.97. The lowest BCUT2D eigenvalue weighted by Gasteiger charge is -1.95. The molecule has 1 heterocycles. The molecule has 0 saturated carbocycles. The third kappa shape index (κ3) is 1.54. The molecule has 5 heteroatoms. The quantitative estimate of drug-likeness (QED) is 0.682. The van der Waals surface area contributed by atoms with Crippen molar-refractivity contribution in [1.29, 1.82) is 0 Å². The summed E-state index contributed by atoms with van der Waals surface area (Å²) in [4.78, 5) is 10.1. The second-order valence-electron chi connectivity index (χ2n) is 2.15. The van der Waals surface area contributed by atoms with Crippen LogP contribution in [-0.2, 0) is 11.8 Å². The highest BCUT2D eigenvalue weighted by atomic mass is 19.1. The molecule has 1 rings (SSSR count). The van der Waals surface area contributed by atoms with Gasteiger partial charge in [-0.1, -0.05) is 0 Å². The Hall–Kier alpha value is -1.39. The van der Waals surface area contributed by atoms with Crippen LogP contribution in [0.1, 0.15) is 11.7 Å². The van der Waals surface area contributed by atoms with Gasteiger partial charge in [-0.15, -0.1) is 0 Å². The molecule has 0 aliphatic rings. The molecular weight excluding hydrogens is 151 g/mol. The van der Waals surface area contributed by atoms with Gasteiger partial charge in [0.05, 0.1) is 6.20 Å². The summed E-state index contributed by atoms with van der Waals surface area (Å²) in [5.41, 5.74) is 0.0694. The van der Waals surface area contributed by atoms with Gasteiger partial charge in [0.1, 0.15) is 0 Å².